The van der Waals surface area contributed by atoms with Crippen LogP contribution in [0.15, 0.2) is 48.5 Å². The predicted molar refractivity (Wildman–Crippen MR) is 93.8 cm³/mol. The number of aryl methyl sites for hydroxylation is 1. The Bertz CT molecular complexity index is 1050. The van der Waals surface area contributed by atoms with Gasteiger partial charge in [0.05, 0.1) is 30.9 Å². The number of nitrogens with zero attached hydrogens (tertiary/aromatic N) is 3. The lowest BCUT2D eigenvalue weighted by atomic mass is 10.1. The highest BCUT2D eigenvalue weighted by molar-refractivity contribution is 5.95. The number of hydrogen-bond donors (Lipinski definition) is 0. The predicted octanol–water partition coefficient (Wildman–Crippen LogP) is 3.88. The van der Waals surface area contributed by atoms with E-state index in [0.29, 0.717) is 11.5 Å². The number of benzene rings is 2. The van der Waals surface area contributed by atoms with Gasteiger partial charge in [-0.2, -0.15) is 5.10 Å². The number of fused-ring (bicyclic) bond motifs is 3. The molecule has 0 aliphatic rings. The molecular weight excluding hydrogens is 302 g/mol. The topological polar surface area (TPSA) is 48.7 Å². The summed E-state index contributed by atoms with van der Waals surface area (Å²) < 4.78 is 12.6. The van der Waals surface area contributed by atoms with Gasteiger partial charge in [-0.05, 0) is 37.3 Å². The maximum absolute atomic E-state index is 5.42. The Morgan fingerprint density at radius 3 is 2.50 bits per heavy atom. The largest absolute Gasteiger partial charge is 0.493 e. The summed E-state index contributed by atoms with van der Waals surface area (Å²) in [5.41, 5.74) is 3.86. The van der Waals surface area contributed by atoms with Crippen LogP contribution in [0.3, 0.4) is 0 Å². The molecule has 4 aromatic rings. The zero-order chi connectivity index (χ0) is 16.7. The van der Waals surface area contributed by atoms with E-state index in [0.717, 1.165) is 33.5 Å². The highest BCUT2D eigenvalue weighted by Crippen LogP contribution is 2.33. The minimum Gasteiger partial charge on any atom is -0.493 e. The lowest BCUT2D eigenvalue weighted by molar-refractivity contribution is 0.355. The molecule has 0 N–H and O–H groups in total. The van der Waals surface area contributed by atoms with Crippen LogP contribution in [0.2, 0.25) is 0 Å². The lowest BCUT2D eigenvalue weighted by Gasteiger charge is -2.11. The van der Waals surface area contributed by atoms with Crippen molar-refractivity contribution in [3.05, 3.63) is 54.2 Å². The van der Waals surface area contributed by atoms with Gasteiger partial charge in [0.1, 0.15) is 0 Å². The van der Waals surface area contributed by atoms with Crippen LogP contribution in [0.25, 0.3) is 27.8 Å². The molecule has 2 heterocycles. The normalized spacial score (nSPS) is 11.1. The second kappa shape index (κ2) is 5.53. The molecule has 0 saturated carbocycles. The van der Waals surface area contributed by atoms with Crippen molar-refractivity contribution in [3.63, 3.8) is 0 Å². The molecule has 2 aromatic heterocycles. The Morgan fingerprint density at radius 1 is 0.917 bits per heavy atom. The van der Waals surface area contributed by atoms with Gasteiger partial charge in [-0.15, -0.1) is 0 Å². The first-order valence-electron chi connectivity index (χ1n) is 7.69. The Hall–Kier alpha value is -3.08. The Labute approximate surface area is 139 Å². The third-order valence-electron chi connectivity index (χ3n) is 4.08. The van der Waals surface area contributed by atoms with E-state index in [9.17, 15) is 0 Å². The summed E-state index contributed by atoms with van der Waals surface area (Å²) >= 11 is 0. The first-order valence-corrected chi connectivity index (χ1v) is 7.69. The summed E-state index contributed by atoms with van der Waals surface area (Å²) in [5, 5.41) is 5.71. The van der Waals surface area contributed by atoms with Crippen molar-refractivity contribution in [1.29, 1.82) is 0 Å². The van der Waals surface area contributed by atoms with Crippen molar-refractivity contribution in [2.75, 3.05) is 14.2 Å². The molecule has 0 saturated heterocycles. The van der Waals surface area contributed by atoms with E-state index in [4.69, 9.17) is 14.5 Å². The van der Waals surface area contributed by atoms with Crippen LogP contribution in [-0.2, 0) is 0 Å². The van der Waals surface area contributed by atoms with Crippen molar-refractivity contribution in [2.24, 2.45) is 0 Å². The third kappa shape index (κ3) is 2.17. The van der Waals surface area contributed by atoms with Crippen LogP contribution in [0.5, 0.6) is 11.5 Å². The second-order valence-electron chi connectivity index (χ2n) is 5.61. The minimum absolute atomic E-state index is 0.669. The van der Waals surface area contributed by atoms with Crippen LogP contribution in [0.1, 0.15) is 5.69 Å². The van der Waals surface area contributed by atoms with E-state index in [-0.39, 0.29) is 0 Å². The summed E-state index contributed by atoms with van der Waals surface area (Å²) in [6, 6.07) is 15.9. The molecule has 120 valence electrons. The molecular formula is C19H17N3O2. The fourth-order valence-electron chi connectivity index (χ4n) is 2.96. The van der Waals surface area contributed by atoms with Crippen LogP contribution in [0.4, 0.5) is 0 Å². The Balaban J connectivity index is 2.05. The molecule has 4 rings (SSSR count). The molecule has 5 nitrogen and oxygen atoms in total. The van der Waals surface area contributed by atoms with E-state index in [1.807, 2.05) is 47.8 Å². The SMILES string of the molecule is COc1ccc(-c2nc3ccccc3c3cc(C)nn23)cc1OC. The number of aromatic nitrogens is 3. The van der Waals surface area contributed by atoms with Gasteiger partial charge in [-0.3, -0.25) is 0 Å². The van der Waals surface area contributed by atoms with Gasteiger partial charge >= 0.3 is 0 Å². The van der Waals surface area contributed by atoms with Crippen molar-refractivity contribution >= 4 is 16.4 Å². The van der Waals surface area contributed by atoms with Gasteiger partial charge in [-0.25, -0.2) is 9.50 Å². The van der Waals surface area contributed by atoms with Gasteiger partial charge < -0.3 is 9.47 Å². The average molecular weight is 319 g/mol. The van der Waals surface area contributed by atoms with Crippen molar-refractivity contribution < 1.29 is 9.47 Å². The summed E-state index contributed by atoms with van der Waals surface area (Å²) in [5.74, 6) is 2.13. The van der Waals surface area contributed by atoms with Gasteiger partial charge in [0.15, 0.2) is 17.3 Å². The van der Waals surface area contributed by atoms with E-state index < -0.39 is 0 Å². The van der Waals surface area contributed by atoms with Crippen molar-refractivity contribution in [3.8, 4) is 22.9 Å². The molecule has 0 atom stereocenters. The summed E-state index contributed by atoms with van der Waals surface area (Å²) in [6.45, 7) is 1.99. The van der Waals surface area contributed by atoms with Gasteiger partial charge in [-0.1, -0.05) is 18.2 Å². The number of rotatable bonds is 3. The molecule has 0 amide bonds. The molecule has 24 heavy (non-hydrogen) atoms. The molecule has 0 fully saturated rings. The summed E-state index contributed by atoms with van der Waals surface area (Å²) in [4.78, 5) is 4.82. The zero-order valence-electron chi connectivity index (χ0n) is 13.8. The van der Waals surface area contributed by atoms with E-state index in [2.05, 4.69) is 17.2 Å². The quantitative estimate of drug-likeness (QED) is 0.575. The molecule has 0 aliphatic carbocycles. The standard InChI is InChI=1S/C19H17N3O2/c1-12-10-16-14-6-4-5-7-15(14)20-19(22(16)21-12)13-8-9-17(23-2)18(11-13)24-3/h4-11H,1-3H3. The van der Waals surface area contributed by atoms with Crippen LogP contribution in [0, 0.1) is 6.92 Å². The van der Waals surface area contributed by atoms with Gasteiger partial charge in [0.2, 0.25) is 0 Å². The van der Waals surface area contributed by atoms with Gasteiger partial charge in [0, 0.05) is 10.9 Å². The summed E-state index contributed by atoms with van der Waals surface area (Å²) in [6.07, 6.45) is 0. The first-order chi connectivity index (χ1) is 11.7. The van der Waals surface area contributed by atoms with E-state index in [1.165, 1.54) is 0 Å². The molecule has 0 radical (unpaired) electrons. The Morgan fingerprint density at radius 2 is 1.71 bits per heavy atom. The fraction of sp³-hybridized carbons (Fsp3) is 0.158. The van der Waals surface area contributed by atoms with E-state index in [1.54, 1.807) is 14.2 Å². The first kappa shape index (κ1) is 14.5. The van der Waals surface area contributed by atoms with Crippen molar-refractivity contribution in [1.82, 2.24) is 14.6 Å². The molecule has 0 spiro atoms. The third-order valence-corrected chi connectivity index (χ3v) is 4.08. The molecule has 5 heteroatoms. The maximum Gasteiger partial charge on any atom is 0.162 e. The molecule has 0 unspecified atom stereocenters. The smallest absolute Gasteiger partial charge is 0.162 e. The van der Waals surface area contributed by atoms with Crippen LogP contribution >= 0.6 is 0 Å². The molecule has 0 aliphatic heterocycles. The zero-order valence-corrected chi connectivity index (χ0v) is 13.8. The minimum atomic E-state index is 0.669. The maximum atomic E-state index is 5.42. The van der Waals surface area contributed by atoms with Crippen molar-refractivity contribution in [2.45, 2.75) is 6.92 Å². The number of ether oxygens (including phenoxy) is 2. The van der Waals surface area contributed by atoms with E-state index >= 15 is 0 Å². The summed E-state index contributed by atoms with van der Waals surface area (Å²) in [7, 11) is 3.25. The molecule has 0 bridgehead atoms. The lowest BCUT2D eigenvalue weighted by Crippen LogP contribution is -2.00. The Kier molecular flexibility index (Phi) is 3.34. The average Bonchev–Trinajstić information content (AvgIpc) is 3.02. The number of para-hydroxylation sites is 1. The number of methoxy groups -OCH3 is 2. The second-order valence-corrected chi connectivity index (χ2v) is 5.61. The van der Waals surface area contributed by atoms with Crippen LogP contribution < -0.4 is 9.47 Å². The monoisotopic (exact) mass is 319 g/mol. The van der Waals surface area contributed by atoms with Crippen LogP contribution in [-0.4, -0.2) is 28.8 Å². The fourth-order valence-corrected chi connectivity index (χ4v) is 2.96. The number of hydrogen-bond acceptors (Lipinski definition) is 4. The molecule has 2 aromatic carbocycles. The van der Waals surface area contributed by atoms with Gasteiger partial charge in [0.25, 0.3) is 0 Å². The highest BCUT2D eigenvalue weighted by atomic mass is 16.5. The highest BCUT2D eigenvalue weighted by Gasteiger charge is 2.14.